The largest absolute Gasteiger partial charge is 0.389 e. The molecular weight excluding hydrogens is 827 g/mol. The van der Waals surface area contributed by atoms with Crippen LogP contribution in [0.1, 0.15) is 85.9 Å². The molecule has 5 aromatic rings. The standard InChI is InChI=1S/C44H55N11O7S/c1-28-27-53(17-7-18-54(28)42-47-16-14-31(48-42)39-50-41(62-51-39)44(2)15-5-11-34-36(44)30(26-45)38(46)63-34)19-21-60-23-25-61-24-22-59-20-6-9-29-8-4-10-32-37(29)52(3)43(58)55(32)33-12-13-35(56)49-40(33)57/h4,8,10,14,16,28,33H,5-7,9,11-13,15,17-25,27,46H2,1-3H3,(H,49,56,57)/t28-,33?,44-/m0/s1. The molecule has 18 nitrogen and oxygen atoms in total. The molecule has 8 rings (SSSR count). The van der Waals surface area contributed by atoms with E-state index >= 15 is 0 Å². The number of aryl methyl sites for hydroxylation is 3. The van der Waals surface area contributed by atoms with Gasteiger partial charge < -0.3 is 29.4 Å². The molecule has 0 radical (unpaired) electrons. The second-order valence-corrected chi connectivity index (χ2v) is 17.8. The van der Waals surface area contributed by atoms with Gasteiger partial charge in [0, 0.05) is 62.4 Å². The third-order valence-corrected chi connectivity index (χ3v) is 13.5. The molecule has 3 atom stereocenters. The summed E-state index contributed by atoms with van der Waals surface area (Å²) in [6.07, 6.45) is 7.26. The molecule has 3 N–H and O–H groups in total. The number of nitrogens with two attached hydrogens (primary N) is 1. The van der Waals surface area contributed by atoms with Gasteiger partial charge in [0.15, 0.2) is 0 Å². The number of para-hydroxylation sites is 1. The molecule has 334 valence electrons. The SMILES string of the molecule is C[C@H]1CN(CCOCCOCCOCCCc2cccc3c2n(C)c(=O)n3C2CCC(=O)NC2=O)CCCN1c1nccc(-c2noc([C@@]3(C)CCCc4sc(N)c(C#N)c43)n2)n1. The van der Waals surface area contributed by atoms with Gasteiger partial charge in [-0.05, 0) is 83.0 Å². The van der Waals surface area contributed by atoms with E-state index in [0.29, 0.717) is 91.9 Å². The number of imidazole rings is 1. The quantitative estimate of drug-likeness (QED) is 0.0999. The molecule has 4 aromatic heterocycles. The van der Waals surface area contributed by atoms with E-state index in [1.807, 2.05) is 18.2 Å². The Morgan fingerprint density at radius 1 is 1.03 bits per heavy atom. The maximum absolute atomic E-state index is 13.2. The normalized spacial score (nSPS) is 20.8. The summed E-state index contributed by atoms with van der Waals surface area (Å²) in [7, 11) is 1.72. The van der Waals surface area contributed by atoms with E-state index in [1.54, 1.807) is 23.9 Å². The monoisotopic (exact) mass is 881 g/mol. The highest BCUT2D eigenvalue weighted by Crippen LogP contribution is 2.48. The van der Waals surface area contributed by atoms with Crippen LogP contribution in [0.5, 0.6) is 0 Å². The third-order valence-electron chi connectivity index (χ3n) is 12.4. The van der Waals surface area contributed by atoms with E-state index in [0.717, 1.165) is 79.8 Å². The van der Waals surface area contributed by atoms with Crippen LogP contribution in [0.4, 0.5) is 10.9 Å². The number of piperidine rings is 1. The zero-order valence-corrected chi connectivity index (χ0v) is 37.0. The lowest BCUT2D eigenvalue weighted by molar-refractivity contribution is -0.135. The molecule has 0 saturated carbocycles. The van der Waals surface area contributed by atoms with Gasteiger partial charge in [0.25, 0.3) is 0 Å². The molecule has 1 aliphatic carbocycles. The summed E-state index contributed by atoms with van der Waals surface area (Å²) in [6, 6.07) is 9.29. The topological polar surface area (TPSA) is 222 Å². The molecule has 0 bridgehead atoms. The van der Waals surface area contributed by atoms with Crippen molar-refractivity contribution in [3.8, 4) is 17.6 Å². The number of ether oxygens (including phenoxy) is 3. The first-order valence-corrected chi connectivity index (χ1v) is 22.6. The van der Waals surface area contributed by atoms with Gasteiger partial charge in [-0.2, -0.15) is 10.2 Å². The van der Waals surface area contributed by atoms with Gasteiger partial charge >= 0.3 is 5.69 Å². The number of amides is 2. The molecule has 2 saturated heterocycles. The number of hydrogen-bond donors (Lipinski definition) is 2. The highest BCUT2D eigenvalue weighted by atomic mass is 32.1. The van der Waals surface area contributed by atoms with E-state index in [4.69, 9.17) is 34.4 Å². The van der Waals surface area contributed by atoms with Crippen molar-refractivity contribution in [2.75, 3.05) is 76.5 Å². The Hall–Kier alpha value is -5.52. The zero-order valence-electron chi connectivity index (χ0n) is 36.1. The Morgan fingerprint density at radius 3 is 2.62 bits per heavy atom. The average Bonchev–Trinajstić information content (AvgIpc) is 3.93. The average molecular weight is 882 g/mol. The van der Waals surface area contributed by atoms with Gasteiger partial charge in [-0.3, -0.25) is 28.9 Å². The van der Waals surface area contributed by atoms with Crippen molar-refractivity contribution in [2.24, 2.45) is 7.05 Å². The van der Waals surface area contributed by atoms with E-state index in [9.17, 15) is 19.6 Å². The summed E-state index contributed by atoms with van der Waals surface area (Å²) in [5.74, 6) is 0.725. The van der Waals surface area contributed by atoms with Crippen molar-refractivity contribution in [1.82, 2.24) is 39.5 Å². The number of thiophene rings is 1. The van der Waals surface area contributed by atoms with Gasteiger partial charge in [0.2, 0.25) is 29.5 Å². The first kappa shape index (κ1) is 44.1. The maximum Gasteiger partial charge on any atom is 0.329 e. The molecule has 0 spiro atoms. The summed E-state index contributed by atoms with van der Waals surface area (Å²) < 4.78 is 26.5. The number of hydrogen-bond acceptors (Lipinski definition) is 16. The second-order valence-electron chi connectivity index (χ2n) is 16.7. The van der Waals surface area contributed by atoms with Crippen molar-refractivity contribution >= 4 is 45.1 Å². The lowest BCUT2D eigenvalue weighted by atomic mass is 9.72. The Kier molecular flexibility index (Phi) is 13.6. The van der Waals surface area contributed by atoms with Crippen LogP contribution in [0.15, 0.2) is 39.8 Å². The number of nitriles is 1. The molecule has 2 fully saturated rings. The van der Waals surface area contributed by atoms with Crippen molar-refractivity contribution in [3.63, 3.8) is 0 Å². The number of anilines is 2. The van der Waals surface area contributed by atoms with Gasteiger partial charge in [-0.25, -0.2) is 14.8 Å². The van der Waals surface area contributed by atoms with E-state index in [2.05, 4.69) is 45.2 Å². The summed E-state index contributed by atoms with van der Waals surface area (Å²) >= 11 is 1.48. The Labute approximate surface area is 369 Å². The van der Waals surface area contributed by atoms with Crippen molar-refractivity contribution < 1.29 is 28.3 Å². The molecule has 19 heteroatoms. The van der Waals surface area contributed by atoms with Crippen molar-refractivity contribution in [2.45, 2.75) is 82.7 Å². The lowest BCUT2D eigenvalue weighted by Crippen LogP contribution is -2.44. The smallest absolute Gasteiger partial charge is 0.329 e. The first-order valence-electron chi connectivity index (χ1n) is 21.8. The van der Waals surface area contributed by atoms with Gasteiger partial charge in [0.05, 0.1) is 55.0 Å². The van der Waals surface area contributed by atoms with Crippen LogP contribution in [0.25, 0.3) is 22.6 Å². The number of carbonyl (C=O) groups is 2. The Bertz CT molecular complexity index is 2540. The number of carbonyl (C=O) groups excluding carboxylic acids is 2. The summed E-state index contributed by atoms with van der Waals surface area (Å²) in [6.45, 7) is 10.7. The predicted molar refractivity (Wildman–Crippen MR) is 235 cm³/mol. The fourth-order valence-corrected chi connectivity index (χ4v) is 10.5. The Balaban J connectivity index is 0.729. The summed E-state index contributed by atoms with van der Waals surface area (Å²) in [4.78, 5) is 57.5. The fourth-order valence-electron chi connectivity index (χ4n) is 9.27. The van der Waals surface area contributed by atoms with Gasteiger partial charge in [-0.1, -0.05) is 17.3 Å². The number of nitrogen functional groups attached to an aromatic ring is 1. The number of aromatic nitrogens is 6. The highest BCUT2D eigenvalue weighted by Gasteiger charge is 2.43. The van der Waals surface area contributed by atoms with Crippen LogP contribution in [-0.4, -0.2) is 118 Å². The van der Waals surface area contributed by atoms with Crippen LogP contribution in [0.2, 0.25) is 0 Å². The first-order chi connectivity index (χ1) is 30.6. The fraction of sp³-hybridized carbons (Fsp3) is 0.545. The van der Waals surface area contributed by atoms with Crippen LogP contribution in [0, 0.1) is 11.3 Å². The molecule has 1 aromatic carbocycles. The molecule has 3 aliphatic rings. The van der Waals surface area contributed by atoms with Crippen LogP contribution < -0.4 is 21.6 Å². The van der Waals surface area contributed by atoms with Gasteiger partial charge in [0.1, 0.15) is 22.8 Å². The van der Waals surface area contributed by atoms with Crippen molar-refractivity contribution in [1.29, 1.82) is 5.26 Å². The predicted octanol–water partition coefficient (Wildman–Crippen LogP) is 3.90. The minimum atomic E-state index is -0.706. The van der Waals surface area contributed by atoms with Crippen molar-refractivity contribution in [3.05, 3.63) is 68.4 Å². The molecular formula is C44H55N11O7S. The van der Waals surface area contributed by atoms with Crippen LogP contribution in [0.3, 0.4) is 0 Å². The minimum Gasteiger partial charge on any atom is -0.389 e. The number of nitrogens with zero attached hydrogens (tertiary/aromatic N) is 9. The molecule has 2 amide bonds. The highest BCUT2D eigenvalue weighted by molar-refractivity contribution is 7.16. The van der Waals surface area contributed by atoms with E-state index in [1.165, 1.54) is 15.9 Å². The molecule has 2 aliphatic heterocycles. The molecule has 1 unspecified atom stereocenters. The summed E-state index contributed by atoms with van der Waals surface area (Å²) in [5.41, 5.74) is 9.85. The number of nitrogens with one attached hydrogen (secondary N) is 1. The van der Waals surface area contributed by atoms with Crippen LogP contribution >= 0.6 is 11.3 Å². The zero-order chi connectivity index (χ0) is 44.1. The molecule has 6 heterocycles. The number of benzene rings is 1. The summed E-state index contributed by atoms with van der Waals surface area (Å²) in [5, 5.41) is 17.1. The number of imide groups is 1. The Morgan fingerprint density at radius 2 is 1.83 bits per heavy atom. The van der Waals surface area contributed by atoms with Crippen LogP contribution in [-0.2, 0) is 49.1 Å². The minimum absolute atomic E-state index is 0.161. The van der Waals surface area contributed by atoms with Gasteiger partial charge in [-0.15, -0.1) is 11.3 Å². The number of fused-ring (bicyclic) bond motifs is 2. The number of rotatable bonds is 17. The lowest BCUT2D eigenvalue weighted by Gasteiger charge is -2.30. The maximum atomic E-state index is 13.2. The van der Waals surface area contributed by atoms with E-state index < -0.39 is 17.4 Å². The molecule has 63 heavy (non-hydrogen) atoms. The van der Waals surface area contributed by atoms with E-state index in [-0.39, 0.29) is 24.1 Å². The third kappa shape index (κ3) is 9.27. The second kappa shape index (κ2) is 19.5.